The van der Waals surface area contributed by atoms with Crippen LogP contribution >= 0.6 is 0 Å². The molecule has 0 atom stereocenters. The van der Waals surface area contributed by atoms with Gasteiger partial charge in [-0.05, 0) is 0 Å². The number of carbonyl (C=O) groups is 1. The van der Waals surface area contributed by atoms with Crippen molar-refractivity contribution in [2.24, 2.45) is 0 Å². The van der Waals surface area contributed by atoms with Crippen molar-refractivity contribution in [2.75, 3.05) is 0 Å². The van der Waals surface area contributed by atoms with E-state index in [0.29, 0.717) is 11.3 Å². The van der Waals surface area contributed by atoms with Gasteiger partial charge in [0.05, 0.1) is 11.8 Å². The van der Waals surface area contributed by atoms with E-state index in [0.717, 1.165) is 0 Å². The average molecular weight is 250 g/mol. The van der Waals surface area contributed by atoms with Crippen LogP contribution < -0.4 is 4.57 Å². The largest absolute Gasteiger partial charge is 0.287 e. The van der Waals surface area contributed by atoms with Crippen molar-refractivity contribution in [3.8, 4) is 6.07 Å². The molecule has 2 aromatic rings. The third-order valence-corrected chi connectivity index (χ3v) is 2.63. The summed E-state index contributed by atoms with van der Waals surface area (Å²) in [5.74, 6) is 0.00493. The van der Waals surface area contributed by atoms with Crippen LogP contribution in [-0.2, 0) is 6.54 Å². The molecule has 0 aliphatic carbocycles. The van der Waals surface area contributed by atoms with Crippen LogP contribution in [0.2, 0.25) is 0 Å². The molecule has 19 heavy (non-hydrogen) atoms. The van der Waals surface area contributed by atoms with Crippen LogP contribution in [-0.4, -0.2) is 10.8 Å². The predicted octanol–water partition coefficient (Wildman–Crippen LogP) is 1.79. The predicted molar refractivity (Wildman–Crippen MR) is 69.9 cm³/mol. The van der Waals surface area contributed by atoms with Gasteiger partial charge in [-0.15, -0.1) is 0 Å². The number of allylic oxidation sites excluding steroid dienone is 1. The number of carbonyl (C=O) groups excluding carboxylic acids is 1. The van der Waals surface area contributed by atoms with Gasteiger partial charge in [-0.3, -0.25) is 4.79 Å². The molecule has 1 heterocycles. The Hall–Kier alpha value is -2.80. The smallest absolute Gasteiger partial charge is 0.227 e. The lowest BCUT2D eigenvalue weighted by Gasteiger charge is -1.99. The van der Waals surface area contributed by atoms with Gasteiger partial charge in [0.2, 0.25) is 12.3 Å². The van der Waals surface area contributed by atoms with Gasteiger partial charge < -0.3 is 0 Å². The highest BCUT2D eigenvalue weighted by Crippen LogP contribution is 2.04. The number of rotatable bonds is 4. The molecule has 0 N–H and O–H groups in total. The first-order valence-electron chi connectivity index (χ1n) is 5.73. The second kappa shape index (κ2) is 5.69. The zero-order valence-corrected chi connectivity index (χ0v) is 10.3. The van der Waals surface area contributed by atoms with E-state index >= 15 is 0 Å². The van der Waals surface area contributed by atoms with Gasteiger partial charge >= 0.3 is 0 Å². The Balaban J connectivity index is 2.19. The van der Waals surface area contributed by atoms with Crippen molar-refractivity contribution in [3.63, 3.8) is 0 Å². The SMILES string of the molecule is C=C(C#N)c1c[n+](CC(=O)c2ccccc2)ccn1. The van der Waals surface area contributed by atoms with E-state index < -0.39 is 0 Å². The molecule has 0 spiro atoms. The Labute approximate surface area is 111 Å². The maximum absolute atomic E-state index is 12.0. The molecule has 0 radical (unpaired) electrons. The molecule has 1 aromatic heterocycles. The van der Waals surface area contributed by atoms with Crippen molar-refractivity contribution in [2.45, 2.75) is 6.54 Å². The van der Waals surface area contributed by atoms with Gasteiger partial charge in [0.1, 0.15) is 11.8 Å². The van der Waals surface area contributed by atoms with Crippen LogP contribution in [0.1, 0.15) is 16.1 Å². The number of nitriles is 1. The van der Waals surface area contributed by atoms with E-state index in [1.807, 2.05) is 24.3 Å². The third kappa shape index (κ3) is 3.11. The number of benzene rings is 1. The van der Waals surface area contributed by atoms with Crippen LogP contribution in [0.4, 0.5) is 0 Å². The summed E-state index contributed by atoms with van der Waals surface area (Å²) in [6.45, 7) is 3.81. The summed E-state index contributed by atoms with van der Waals surface area (Å²) in [6, 6.07) is 11.0. The van der Waals surface area contributed by atoms with Gasteiger partial charge in [0.25, 0.3) is 0 Å². The van der Waals surface area contributed by atoms with Crippen LogP contribution in [0.25, 0.3) is 5.57 Å². The molecule has 0 unspecified atom stereocenters. The third-order valence-electron chi connectivity index (χ3n) is 2.63. The first kappa shape index (κ1) is 12.7. The Kier molecular flexibility index (Phi) is 3.79. The van der Waals surface area contributed by atoms with Gasteiger partial charge in [-0.25, -0.2) is 4.98 Å². The van der Waals surface area contributed by atoms with Crippen molar-refractivity contribution in [1.82, 2.24) is 4.98 Å². The minimum Gasteiger partial charge on any atom is -0.287 e. The fraction of sp³-hybridized carbons (Fsp3) is 0.0667. The highest BCUT2D eigenvalue weighted by molar-refractivity contribution is 5.94. The second-order valence-corrected chi connectivity index (χ2v) is 3.99. The van der Waals surface area contributed by atoms with Gasteiger partial charge in [-0.1, -0.05) is 36.9 Å². The van der Waals surface area contributed by atoms with E-state index in [2.05, 4.69) is 11.6 Å². The van der Waals surface area contributed by atoms with Gasteiger partial charge in [0, 0.05) is 5.56 Å². The zero-order valence-electron chi connectivity index (χ0n) is 10.3. The fourth-order valence-electron chi connectivity index (χ4n) is 1.63. The maximum Gasteiger partial charge on any atom is 0.227 e. The molecule has 1 aromatic carbocycles. The molecule has 4 nitrogen and oxygen atoms in total. The van der Waals surface area contributed by atoms with Crippen LogP contribution in [0.5, 0.6) is 0 Å². The van der Waals surface area contributed by atoms with Crippen molar-refractivity contribution >= 4 is 11.4 Å². The first-order chi connectivity index (χ1) is 9.20. The lowest BCUT2D eigenvalue weighted by Crippen LogP contribution is -2.38. The molecular weight excluding hydrogens is 238 g/mol. The number of Topliss-reactive ketones (excluding diaryl/α,β-unsaturated/α-hetero) is 1. The molecule has 0 bridgehead atoms. The number of nitrogens with zero attached hydrogens (tertiary/aromatic N) is 3. The van der Waals surface area contributed by atoms with Crippen LogP contribution in [0.15, 0.2) is 55.5 Å². The van der Waals surface area contributed by atoms with Crippen LogP contribution in [0.3, 0.4) is 0 Å². The molecule has 0 aliphatic rings. The Morgan fingerprint density at radius 1 is 1.37 bits per heavy atom. The van der Waals surface area contributed by atoms with E-state index in [9.17, 15) is 4.79 Å². The number of ketones is 1. The van der Waals surface area contributed by atoms with E-state index in [1.165, 1.54) is 0 Å². The summed E-state index contributed by atoms with van der Waals surface area (Å²) in [5.41, 5.74) is 1.42. The van der Waals surface area contributed by atoms with E-state index in [1.54, 1.807) is 35.3 Å². The number of hydrogen-bond donors (Lipinski definition) is 0. The Morgan fingerprint density at radius 3 is 2.79 bits per heavy atom. The summed E-state index contributed by atoms with van der Waals surface area (Å²) in [7, 11) is 0. The minimum atomic E-state index is 0.00493. The summed E-state index contributed by atoms with van der Waals surface area (Å²) in [4.78, 5) is 16.1. The van der Waals surface area contributed by atoms with Gasteiger partial charge in [-0.2, -0.15) is 9.83 Å². The standard InChI is InChI=1S/C15H12N3O/c1-12(9-16)14-10-18(8-7-17-14)11-15(19)13-5-3-2-4-6-13/h2-8,10H,1,11H2/q+1. The first-order valence-corrected chi connectivity index (χ1v) is 5.73. The Bertz CT molecular complexity index is 657. The van der Waals surface area contributed by atoms with Crippen molar-refractivity contribution < 1.29 is 9.36 Å². The second-order valence-electron chi connectivity index (χ2n) is 3.99. The average Bonchev–Trinajstić information content (AvgIpc) is 2.47. The van der Waals surface area contributed by atoms with Crippen LogP contribution in [0, 0.1) is 11.3 Å². The fourth-order valence-corrected chi connectivity index (χ4v) is 1.63. The highest BCUT2D eigenvalue weighted by atomic mass is 16.1. The summed E-state index contributed by atoms with van der Waals surface area (Å²) < 4.78 is 1.69. The lowest BCUT2D eigenvalue weighted by molar-refractivity contribution is -0.683. The molecule has 2 rings (SSSR count). The van der Waals surface area contributed by atoms with E-state index in [-0.39, 0.29) is 17.9 Å². The summed E-state index contributed by atoms with van der Waals surface area (Å²) in [5, 5.41) is 8.77. The molecular formula is C15H12N3O+. The number of aromatic nitrogens is 2. The molecule has 0 fully saturated rings. The summed E-state index contributed by atoms with van der Waals surface area (Å²) in [6.07, 6.45) is 4.89. The monoisotopic (exact) mass is 250 g/mol. The molecule has 0 saturated heterocycles. The van der Waals surface area contributed by atoms with Crippen molar-refractivity contribution in [1.29, 1.82) is 5.26 Å². The van der Waals surface area contributed by atoms with Crippen molar-refractivity contribution in [3.05, 3.63) is 66.8 Å². The zero-order chi connectivity index (χ0) is 13.7. The maximum atomic E-state index is 12.0. The lowest BCUT2D eigenvalue weighted by atomic mass is 10.1. The molecule has 4 heteroatoms. The quantitative estimate of drug-likeness (QED) is 0.472. The molecule has 0 amide bonds. The topological polar surface area (TPSA) is 57.6 Å². The molecule has 0 saturated carbocycles. The normalized spacial score (nSPS) is 9.63. The minimum absolute atomic E-state index is 0.00493. The Morgan fingerprint density at radius 2 is 2.11 bits per heavy atom. The molecule has 0 aliphatic heterocycles. The number of hydrogen-bond acceptors (Lipinski definition) is 3. The van der Waals surface area contributed by atoms with Gasteiger partial charge in [0.15, 0.2) is 12.4 Å². The highest BCUT2D eigenvalue weighted by Gasteiger charge is 2.13. The summed E-state index contributed by atoms with van der Waals surface area (Å²) >= 11 is 0. The molecule has 92 valence electrons. The van der Waals surface area contributed by atoms with E-state index in [4.69, 9.17) is 5.26 Å².